The molecule has 0 spiro atoms. The molecule has 20 nitrogen and oxygen atoms in total. The highest BCUT2D eigenvalue weighted by molar-refractivity contribution is 5.89. The molecule has 1 unspecified atom stereocenters. The van der Waals surface area contributed by atoms with Crippen molar-refractivity contribution in [3.8, 4) is 16.9 Å². The Labute approximate surface area is 522 Å². The number of unbranched alkanes of at least 4 members (excludes halogenated alkanes) is 3. The number of fused-ring (bicyclic) bond motifs is 8. The minimum Gasteiger partial charge on any atom is -0.497 e. The maximum Gasteiger partial charge on any atom is 0.407 e. The number of aliphatic hydroxyl groups is 4. The summed E-state index contributed by atoms with van der Waals surface area (Å²) < 4.78 is 54.3. The number of nitrogens with one attached hydrogen (secondary N) is 2. The molecule has 7 aliphatic rings. The van der Waals surface area contributed by atoms with E-state index in [1.165, 1.54) is 31.7 Å². The number of ketones is 1. The van der Waals surface area contributed by atoms with Crippen LogP contribution in [0.2, 0.25) is 0 Å². The third kappa shape index (κ3) is 13.8. The van der Waals surface area contributed by atoms with E-state index in [0.717, 1.165) is 47.9 Å². The first-order valence-electron chi connectivity index (χ1n) is 32.2. The maximum absolute atomic E-state index is 14.4. The van der Waals surface area contributed by atoms with Crippen molar-refractivity contribution in [2.75, 3.05) is 40.0 Å². The van der Waals surface area contributed by atoms with Gasteiger partial charge in [-0.2, -0.15) is 0 Å². The Morgan fingerprint density at radius 3 is 2.04 bits per heavy atom. The Morgan fingerprint density at radius 1 is 0.730 bits per heavy atom. The van der Waals surface area contributed by atoms with Gasteiger partial charge in [-0.15, -0.1) is 0 Å². The summed E-state index contributed by atoms with van der Waals surface area (Å²) in [6, 6.07) is 22.3. The number of hydrogen-bond donors (Lipinski definition) is 6. The Hall–Kier alpha value is -5.97. The lowest BCUT2D eigenvalue weighted by Crippen LogP contribution is -2.64. The van der Waals surface area contributed by atoms with Gasteiger partial charge >= 0.3 is 24.1 Å². The van der Waals surface area contributed by atoms with Crippen molar-refractivity contribution in [2.45, 2.75) is 198 Å². The Bertz CT molecular complexity index is 2960. The van der Waals surface area contributed by atoms with E-state index >= 15 is 0 Å². The molecular weight excluding hydrogens is 1140 g/mol. The fourth-order valence-corrected chi connectivity index (χ4v) is 16.0. The second kappa shape index (κ2) is 28.3. The molecule has 17 atom stereocenters. The number of Topliss-reactive ketones (excluding diaryl/α,β-unsaturated/α-hetero) is 1. The van der Waals surface area contributed by atoms with E-state index in [2.05, 4.69) is 54.8 Å². The van der Waals surface area contributed by atoms with E-state index in [0.29, 0.717) is 63.7 Å². The van der Waals surface area contributed by atoms with Crippen molar-refractivity contribution in [3.05, 3.63) is 101 Å². The molecule has 2 amide bonds. The van der Waals surface area contributed by atoms with Gasteiger partial charge in [0.05, 0.1) is 38.1 Å². The molecule has 0 radical (unpaired) electrons. The van der Waals surface area contributed by atoms with E-state index in [-0.39, 0.29) is 72.0 Å². The Kier molecular flexibility index (Phi) is 21.0. The summed E-state index contributed by atoms with van der Waals surface area (Å²) in [4.78, 5) is 67.4. The maximum atomic E-state index is 14.4. The number of allylic oxidation sites excluding steroid dienone is 1. The molecule has 89 heavy (non-hydrogen) atoms. The molecular formula is C69H92N2O18. The van der Waals surface area contributed by atoms with E-state index < -0.39 is 110 Å². The fraction of sp³-hybridized carbons (Fsp3) is 0.638. The zero-order chi connectivity index (χ0) is 63.4. The summed E-state index contributed by atoms with van der Waals surface area (Å²) in [5.74, 6) is -1.69. The van der Waals surface area contributed by atoms with Gasteiger partial charge in [0.2, 0.25) is 0 Å². The second-order valence-corrected chi connectivity index (χ2v) is 26.7. The molecule has 3 aromatic rings. The molecule has 2 heterocycles. The highest BCUT2D eigenvalue weighted by Crippen LogP contribution is 2.69. The van der Waals surface area contributed by atoms with Crippen LogP contribution >= 0.6 is 0 Å². The predicted molar refractivity (Wildman–Crippen MR) is 325 cm³/mol. The minimum absolute atomic E-state index is 0.0418. The molecule has 3 saturated carbocycles. The molecule has 20 heteroatoms. The monoisotopic (exact) mass is 1240 g/mol. The van der Waals surface area contributed by atoms with Gasteiger partial charge in [-0.25, -0.2) is 14.4 Å². The summed E-state index contributed by atoms with van der Waals surface area (Å²) in [5.41, 5.74) is 3.28. The summed E-state index contributed by atoms with van der Waals surface area (Å²) in [6.45, 7) is 11.4. The first kappa shape index (κ1) is 66.0. The molecule has 5 aliphatic carbocycles. The fourth-order valence-electron chi connectivity index (χ4n) is 16.0. The van der Waals surface area contributed by atoms with Crippen molar-refractivity contribution in [1.29, 1.82) is 0 Å². The summed E-state index contributed by atoms with van der Waals surface area (Å²) in [6.07, 6.45) is -4.70. The van der Waals surface area contributed by atoms with Crippen LogP contribution in [0.3, 0.4) is 0 Å². The minimum atomic E-state index is -1.76. The summed E-state index contributed by atoms with van der Waals surface area (Å²) in [7, 11) is 1.47. The van der Waals surface area contributed by atoms with Gasteiger partial charge in [0.15, 0.2) is 30.9 Å². The zero-order valence-corrected chi connectivity index (χ0v) is 52.5. The van der Waals surface area contributed by atoms with Crippen molar-refractivity contribution in [1.82, 2.24) is 10.6 Å². The second-order valence-electron chi connectivity index (χ2n) is 26.7. The lowest BCUT2D eigenvalue weighted by atomic mass is 9.46. The molecule has 2 aliphatic heterocycles. The molecule has 0 bridgehead atoms. The average molecular weight is 1240 g/mol. The number of hydrogen-bond acceptors (Lipinski definition) is 18. The number of rotatable bonds is 23. The van der Waals surface area contributed by atoms with E-state index in [1.54, 1.807) is 19.1 Å². The van der Waals surface area contributed by atoms with E-state index in [4.69, 9.17) is 42.6 Å². The molecule has 6 N–H and O–H groups in total. The SMILES string of the molecule is COc1ccc(C(=O)O[C@H]2[C@H](O[C@@H]3[C@@H](OC(C)=O)[C@H](O[C@H]4C[C@H]5[C@@H]6CC=C7C[C@@H](O)CC[C@]7(C)C6CC[C@]5(C)[C@@]4(O)[C@H](C)C(=O)CCC(C)C)OC[C@@H]3O)OC[C@@H](OC(=O)NCCCCCCNC(=O)OCC3c4ccccc4-c4ccccc43)[C@@H]2O)cc1. The number of amides is 2. The van der Waals surface area contributed by atoms with Crippen LogP contribution in [-0.2, 0) is 47.5 Å². The number of carbonyl (C=O) groups excluding carboxylic acids is 5. The Morgan fingerprint density at radius 2 is 1.38 bits per heavy atom. The normalized spacial score (nSPS) is 33.2. The van der Waals surface area contributed by atoms with Gasteiger partial charge in [-0.05, 0) is 140 Å². The van der Waals surface area contributed by atoms with Crippen molar-refractivity contribution in [3.63, 3.8) is 0 Å². The quantitative estimate of drug-likeness (QED) is 0.0224. The van der Waals surface area contributed by atoms with Crippen LogP contribution in [-0.4, -0.2) is 157 Å². The largest absolute Gasteiger partial charge is 0.497 e. The Balaban J connectivity index is 0.782. The third-order valence-corrected chi connectivity index (χ3v) is 21.0. The van der Waals surface area contributed by atoms with Crippen molar-refractivity contribution >= 4 is 29.9 Å². The number of aliphatic hydroxyl groups excluding tert-OH is 3. The van der Waals surface area contributed by atoms with Gasteiger partial charge in [0, 0.05) is 43.7 Å². The highest BCUT2D eigenvalue weighted by Gasteiger charge is 2.71. The molecule has 5 fully saturated rings. The van der Waals surface area contributed by atoms with Gasteiger partial charge in [-0.3, -0.25) is 9.59 Å². The topological polar surface area (TPSA) is 273 Å². The number of carbonyl (C=O) groups is 5. The van der Waals surface area contributed by atoms with Gasteiger partial charge in [-0.1, -0.05) is 108 Å². The van der Waals surface area contributed by atoms with Crippen LogP contribution < -0.4 is 15.4 Å². The van der Waals surface area contributed by atoms with Crippen LogP contribution in [0.25, 0.3) is 11.1 Å². The van der Waals surface area contributed by atoms with Crippen LogP contribution in [0, 0.1) is 40.4 Å². The standard InChI is InChI=1S/C69H92N2O18/c1-39(2)20-27-54(74)40(3)69(80)57(35-53-50-26-23-43-34-44(73)28-30-67(43,5)52(50)29-31-68(53,69)6)87-64-61(85-41(4)72)59(55(75)37-82-64)89-63-60(88-62(77)42-21-24-45(81-7)25-22-42)58(76)56(38-83-63)86-66(79)71-33-15-9-8-14-32-70-65(78)84-36-51-48-18-12-10-16-46(48)47-17-11-13-19-49(47)51/h10-13,16-19,21-25,39-40,44,50-53,55-61,63-64,73,75-76,80H,8-9,14-15,20,26-38H2,1-7H3,(H,70,78)(H,71,79)/t40-,44+,50-,52?,53+,55+,56-,57+,58+,59+,60-,61-,63+,64+,67+,68+,69-/m1/s1. The van der Waals surface area contributed by atoms with Crippen LogP contribution in [0.15, 0.2) is 84.4 Å². The molecule has 2 saturated heterocycles. The molecule has 486 valence electrons. The van der Waals surface area contributed by atoms with Gasteiger partial charge in [0.1, 0.15) is 42.1 Å². The van der Waals surface area contributed by atoms with Crippen LogP contribution in [0.5, 0.6) is 5.75 Å². The third-order valence-electron chi connectivity index (χ3n) is 21.0. The number of methoxy groups -OCH3 is 1. The number of esters is 2. The van der Waals surface area contributed by atoms with Gasteiger partial charge in [0.25, 0.3) is 0 Å². The first-order chi connectivity index (χ1) is 42.6. The van der Waals surface area contributed by atoms with Crippen molar-refractivity contribution in [2.24, 2.45) is 40.4 Å². The zero-order valence-electron chi connectivity index (χ0n) is 52.5. The molecule has 10 rings (SSSR count). The average Bonchev–Trinajstić information content (AvgIpc) is 1.61. The number of ether oxygens (including phenoxy) is 9. The number of benzene rings is 3. The smallest absolute Gasteiger partial charge is 0.407 e. The van der Waals surface area contributed by atoms with E-state index in [1.807, 2.05) is 38.1 Å². The van der Waals surface area contributed by atoms with Crippen LogP contribution in [0.4, 0.5) is 9.59 Å². The first-order valence-corrected chi connectivity index (χ1v) is 32.2. The van der Waals surface area contributed by atoms with E-state index in [9.17, 15) is 44.4 Å². The van der Waals surface area contributed by atoms with Crippen molar-refractivity contribution < 1.29 is 87.0 Å². The highest BCUT2D eigenvalue weighted by atomic mass is 16.8. The number of alkyl carbamates (subject to hydrolysis) is 2. The molecule has 3 aromatic carbocycles. The summed E-state index contributed by atoms with van der Waals surface area (Å²) in [5, 5.41) is 53.7. The summed E-state index contributed by atoms with van der Waals surface area (Å²) >= 11 is 0. The van der Waals surface area contributed by atoms with Gasteiger partial charge < -0.3 is 73.7 Å². The lowest BCUT2D eigenvalue weighted by molar-refractivity contribution is -0.345. The lowest BCUT2D eigenvalue weighted by Gasteiger charge is -2.59. The molecule has 0 aromatic heterocycles. The predicted octanol–water partition coefficient (Wildman–Crippen LogP) is 8.86. The van der Waals surface area contributed by atoms with Crippen LogP contribution in [0.1, 0.15) is 152 Å².